The molecule has 0 heterocycles. The Morgan fingerprint density at radius 1 is 1.15 bits per heavy atom. The quantitative estimate of drug-likeness (QED) is 0.662. The van der Waals surface area contributed by atoms with Gasteiger partial charge < -0.3 is 15.3 Å². The molecule has 0 fully saturated rings. The molecule has 7 nitrogen and oxygen atoms in total. The average Bonchev–Trinajstić information content (AvgIpc) is 2.60. The summed E-state index contributed by atoms with van der Waals surface area (Å²) in [6, 6.07) is 6.93. The van der Waals surface area contributed by atoms with Crippen molar-refractivity contribution < 1.29 is 19.5 Å². The summed E-state index contributed by atoms with van der Waals surface area (Å²) in [6.45, 7) is 5.81. The van der Waals surface area contributed by atoms with Crippen LogP contribution in [0.5, 0.6) is 0 Å². The number of aliphatic carboxylic acids is 1. The Kier molecular flexibility index (Phi) is 8.78. The van der Waals surface area contributed by atoms with E-state index in [1.807, 2.05) is 38.1 Å². The van der Waals surface area contributed by atoms with Crippen molar-refractivity contribution in [2.24, 2.45) is 0 Å². The summed E-state index contributed by atoms with van der Waals surface area (Å²) in [7, 11) is 1.55. The van der Waals surface area contributed by atoms with Gasteiger partial charge in [0, 0.05) is 12.7 Å². The number of likely N-dealkylation sites (N-methyl/N-ethyl adjacent to an activating group) is 1. The molecule has 1 unspecified atom stereocenters. The van der Waals surface area contributed by atoms with Crippen LogP contribution in [0.15, 0.2) is 24.3 Å². The first-order valence-electron chi connectivity index (χ1n) is 8.88. The first-order chi connectivity index (χ1) is 12.3. The highest BCUT2D eigenvalue weighted by molar-refractivity contribution is 5.95. The maximum atomic E-state index is 12.6. The van der Waals surface area contributed by atoms with E-state index in [9.17, 15) is 14.4 Å². The topological polar surface area (TPSA) is 90.0 Å². The molecular weight excluding hydrogens is 334 g/mol. The summed E-state index contributed by atoms with van der Waals surface area (Å²) in [6.07, 6.45) is 1.53. The molecule has 1 aromatic rings. The second-order valence-corrected chi connectivity index (χ2v) is 6.29. The Morgan fingerprint density at radius 3 is 2.38 bits per heavy atom. The smallest absolute Gasteiger partial charge is 0.317 e. The number of anilines is 1. The molecule has 0 aromatic heterocycles. The van der Waals surface area contributed by atoms with Crippen molar-refractivity contribution >= 4 is 23.5 Å². The molecule has 1 aromatic carbocycles. The molecule has 0 aliphatic rings. The summed E-state index contributed by atoms with van der Waals surface area (Å²) < 4.78 is 0. The molecule has 0 aliphatic carbocycles. The third-order valence-corrected chi connectivity index (χ3v) is 4.18. The summed E-state index contributed by atoms with van der Waals surface area (Å²) >= 11 is 0. The van der Waals surface area contributed by atoms with Gasteiger partial charge in [0.15, 0.2) is 0 Å². The van der Waals surface area contributed by atoms with Gasteiger partial charge in [-0.05, 0) is 37.9 Å². The summed E-state index contributed by atoms with van der Waals surface area (Å²) in [4.78, 5) is 38.8. The van der Waals surface area contributed by atoms with Crippen LogP contribution >= 0.6 is 0 Å². The average molecular weight is 363 g/mol. The molecule has 0 saturated carbocycles. The summed E-state index contributed by atoms with van der Waals surface area (Å²) in [5, 5.41) is 11.8. The van der Waals surface area contributed by atoms with Crippen molar-refractivity contribution in [3.63, 3.8) is 0 Å². The van der Waals surface area contributed by atoms with Crippen LogP contribution in [0.2, 0.25) is 0 Å². The molecular formula is C19H29N3O4. The molecule has 0 radical (unpaired) electrons. The third-order valence-electron chi connectivity index (χ3n) is 4.18. The van der Waals surface area contributed by atoms with Crippen LogP contribution in [0, 0.1) is 0 Å². The maximum absolute atomic E-state index is 12.6. The van der Waals surface area contributed by atoms with Gasteiger partial charge in [0.25, 0.3) is 0 Å². The van der Waals surface area contributed by atoms with E-state index in [0.717, 1.165) is 24.1 Å². The maximum Gasteiger partial charge on any atom is 0.317 e. The summed E-state index contributed by atoms with van der Waals surface area (Å²) in [5.74, 6) is -1.54. The number of hydrogen-bond donors (Lipinski definition) is 2. The van der Waals surface area contributed by atoms with E-state index in [1.165, 1.54) is 4.90 Å². The number of carbonyl (C=O) groups is 3. The third kappa shape index (κ3) is 6.48. The Balaban J connectivity index is 2.69. The Labute approximate surface area is 155 Å². The van der Waals surface area contributed by atoms with Crippen LogP contribution < -0.4 is 5.32 Å². The highest BCUT2D eigenvalue weighted by atomic mass is 16.4. The highest BCUT2D eigenvalue weighted by Gasteiger charge is 2.26. The SMILES string of the molecule is CCCN(CC(=O)O)C(C)C(=O)N(C)CC(=O)Nc1ccccc1CC. The molecule has 26 heavy (non-hydrogen) atoms. The second kappa shape index (κ2) is 10.6. The van der Waals surface area contributed by atoms with E-state index in [1.54, 1.807) is 18.9 Å². The predicted octanol–water partition coefficient (Wildman–Crippen LogP) is 1.83. The lowest BCUT2D eigenvalue weighted by molar-refractivity contribution is -0.142. The number of hydrogen-bond acceptors (Lipinski definition) is 4. The number of carbonyl (C=O) groups excluding carboxylic acids is 2. The summed E-state index contributed by atoms with van der Waals surface area (Å²) in [5.41, 5.74) is 1.77. The predicted molar refractivity (Wildman–Crippen MR) is 101 cm³/mol. The monoisotopic (exact) mass is 363 g/mol. The van der Waals surface area contributed by atoms with Gasteiger partial charge in [0.05, 0.1) is 19.1 Å². The first kappa shape index (κ1) is 21.6. The van der Waals surface area contributed by atoms with Gasteiger partial charge in [-0.25, -0.2) is 0 Å². The number of amides is 2. The van der Waals surface area contributed by atoms with Gasteiger partial charge in [-0.2, -0.15) is 0 Å². The number of carboxylic acid groups (broad SMARTS) is 1. The molecule has 2 amide bonds. The Bertz CT molecular complexity index is 633. The van der Waals surface area contributed by atoms with Crippen LogP contribution in [0.3, 0.4) is 0 Å². The molecule has 0 bridgehead atoms. The number of benzene rings is 1. The van der Waals surface area contributed by atoms with Crippen molar-refractivity contribution in [1.82, 2.24) is 9.80 Å². The van der Waals surface area contributed by atoms with Gasteiger partial charge in [0.2, 0.25) is 11.8 Å². The zero-order valence-corrected chi connectivity index (χ0v) is 16.0. The van der Waals surface area contributed by atoms with E-state index in [-0.39, 0.29) is 24.9 Å². The lowest BCUT2D eigenvalue weighted by atomic mass is 10.1. The normalized spacial score (nSPS) is 11.9. The Hall–Kier alpha value is -2.41. The number of nitrogens with zero attached hydrogens (tertiary/aromatic N) is 2. The molecule has 144 valence electrons. The second-order valence-electron chi connectivity index (χ2n) is 6.29. The van der Waals surface area contributed by atoms with Gasteiger partial charge in [-0.3, -0.25) is 19.3 Å². The Morgan fingerprint density at radius 2 is 1.81 bits per heavy atom. The van der Waals surface area contributed by atoms with Gasteiger partial charge >= 0.3 is 5.97 Å². The minimum Gasteiger partial charge on any atom is -0.480 e. The van der Waals surface area contributed by atoms with Crippen molar-refractivity contribution in [3.05, 3.63) is 29.8 Å². The fraction of sp³-hybridized carbons (Fsp3) is 0.526. The number of nitrogens with one attached hydrogen (secondary N) is 1. The van der Waals surface area contributed by atoms with Crippen molar-refractivity contribution in [2.45, 2.75) is 39.7 Å². The number of rotatable bonds is 10. The van der Waals surface area contributed by atoms with Gasteiger partial charge in [-0.1, -0.05) is 32.0 Å². The van der Waals surface area contributed by atoms with Gasteiger partial charge in [0.1, 0.15) is 0 Å². The number of carboxylic acids is 1. The van der Waals surface area contributed by atoms with Gasteiger partial charge in [-0.15, -0.1) is 0 Å². The fourth-order valence-electron chi connectivity index (χ4n) is 2.78. The van der Waals surface area contributed by atoms with E-state index in [0.29, 0.717) is 6.54 Å². The number of para-hydroxylation sites is 1. The molecule has 2 N–H and O–H groups in total. The van der Waals surface area contributed by atoms with Crippen LogP contribution in [-0.4, -0.2) is 65.4 Å². The van der Waals surface area contributed by atoms with E-state index in [2.05, 4.69) is 5.32 Å². The van der Waals surface area contributed by atoms with Crippen LogP contribution in [0.1, 0.15) is 32.8 Å². The van der Waals surface area contributed by atoms with Crippen molar-refractivity contribution in [1.29, 1.82) is 0 Å². The van der Waals surface area contributed by atoms with Crippen molar-refractivity contribution in [3.8, 4) is 0 Å². The van der Waals surface area contributed by atoms with Crippen LogP contribution in [0.25, 0.3) is 0 Å². The molecule has 1 atom stereocenters. The molecule has 7 heteroatoms. The molecule has 0 spiro atoms. The van der Waals surface area contributed by atoms with Crippen LogP contribution in [-0.2, 0) is 20.8 Å². The highest BCUT2D eigenvalue weighted by Crippen LogP contribution is 2.15. The molecule has 0 saturated heterocycles. The fourth-order valence-corrected chi connectivity index (χ4v) is 2.78. The lowest BCUT2D eigenvalue weighted by Crippen LogP contribution is -2.49. The number of aryl methyl sites for hydroxylation is 1. The largest absolute Gasteiger partial charge is 0.480 e. The minimum atomic E-state index is -0.977. The molecule has 0 aliphatic heterocycles. The zero-order chi connectivity index (χ0) is 19.7. The molecule has 1 rings (SSSR count). The lowest BCUT2D eigenvalue weighted by Gasteiger charge is -2.29. The van der Waals surface area contributed by atoms with E-state index >= 15 is 0 Å². The van der Waals surface area contributed by atoms with Crippen LogP contribution in [0.4, 0.5) is 5.69 Å². The minimum absolute atomic E-state index is 0.0890. The zero-order valence-electron chi connectivity index (χ0n) is 16.0. The van der Waals surface area contributed by atoms with E-state index in [4.69, 9.17) is 5.11 Å². The standard InChI is InChI=1S/C19H29N3O4/c1-5-11-22(13-18(24)25)14(3)19(26)21(4)12-17(23)20-16-10-8-7-9-15(16)6-2/h7-10,14H,5-6,11-13H2,1-4H3,(H,20,23)(H,24,25). The van der Waals surface area contributed by atoms with Crippen molar-refractivity contribution in [2.75, 3.05) is 32.0 Å². The first-order valence-corrected chi connectivity index (χ1v) is 8.88. The van der Waals surface area contributed by atoms with E-state index < -0.39 is 12.0 Å².